The van der Waals surface area contributed by atoms with E-state index in [1.807, 2.05) is 71.9 Å². The number of esters is 1. The number of ketones is 1. The highest BCUT2D eigenvalue weighted by molar-refractivity contribution is 6.23. The van der Waals surface area contributed by atoms with E-state index in [9.17, 15) is 29.7 Å². The van der Waals surface area contributed by atoms with Crippen LogP contribution >= 0.6 is 0 Å². The van der Waals surface area contributed by atoms with E-state index in [1.165, 1.54) is 0 Å². The number of carboxylic acids is 1. The summed E-state index contributed by atoms with van der Waals surface area (Å²) in [5.41, 5.74) is 4.63. The number of nitrogens with one attached hydrogen (secondary N) is 3. The van der Waals surface area contributed by atoms with Crippen LogP contribution in [0.4, 0.5) is 0 Å². The van der Waals surface area contributed by atoms with Gasteiger partial charge in [-0.15, -0.1) is 0 Å². The number of benzene rings is 1. The second-order valence-electron chi connectivity index (χ2n) is 25.1. The summed E-state index contributed by atoms with van der Waals surface area (Å²) < 4.78 is 45.1. The van der Waals surface area contributed by atoms with Crippen molar-refractivity contribution in [3.63, 3.8) is 0 Å². The lowest BCUT2D eigenvalue weighted by Crippen LogP contribution is -2.60. The summed E-state index contributed by atoms with van der Waals surface area (Å²) in [6.45, 7) is 15.1. The first kappa shape index (κ1) is 55.2. The molecule has 18 heteroatoms. The van der Waals surface area contributed by atoms with E-state index in [2.05, 4.69) is 27.4 Å². The van der Waals surface area contributed by atoms with Crippen LogP contribution in [-0.4, -0.2) is 134 Å². The van der Waals surface area contributed by atoms with Crippen molar-refractivity contribution in [3.8, 4) is 0 Å². The summed E-state index contributed by atoms with van der Waals surface area (Å²) in [5.74, 6) is -3.49. The fourth-order valence-electron chi connectivity index (χ4n) is 15.4. The number of fused-ring (bicyclic) bond motifs is 6. The number of hydrogen-bond donors (Lipinski definition) is 7. The summed E-state index contributed by atoms with van der Waals surface area (Å²) in [4.78, 5) is 62.1. The number of Topliss-reactive ketones (excluding diaryl/α,β-unsaturated/α-hetero) is 1. The first-order chi connectivity index (χ1) is 37.0. The number of aliphatic carboxylic acids is 1. The van der Waals surface area contributed by atoms with Gasteiger partial charge >= 0.3 is 11.9 Å². The van der Waals surface area contributed by atoms with Gasteiger partial charge in [0.1, 0.15) is 23.5 Å². The highest BCUT2D eigenvalue weighted by Crippen LogP contribution is 2.58. The van der Waals surface area contributed by atoms with Crippen molar-refractivity contribution in [2.45, 2.75) is 211 Å². The minimum Gasteiger partial charge on any atom is -0.478 e. The number of carbonyl (C=O) groups is 4. The van der Waals surface area contributed by atoms with Gasteiger partial charge in [0.2, 0.25) is 0 Å². The topological polar surface area (TPSA) is 263 Å². The van der Waals surface area contributed by atoms with E-state index in [1.54, 1.807) is 26.0 Å². The molecule has 4 aliphatic carbocycles. The molecule has 8 N–H and O–H groups in total. The molecule has 3 saturated heterocycles. The maximum absolute atomic E-state index is 15.4. The first-order valence-corrected chi connectivity index (χ1v) is 28.6. The molecule has 78 heavy (non-hydrogen) atoms. The summed E-state index contributed by atoms with van der Waals surface area (Å²) in [5, 5.41) is 39.4. The molecule has 1 spiro atoms. The molecule has 2 aromatic heterocycles. The van der Waals surface area contributed by atoms with Gasteiger partial charge in [-0.1, -0.05) is 77.0 Å². The lowest BCUT2D eigenvalue weighted by molar-refractivity contribution is -0.339. The number of amides is 1. The summed E-state index contributed by atoms with van der Waals surface area (Å²) in [6.07, 6.45) is 6.65. The molecule has 0 radical (unpaired) electrons. The lowest BCUT2D eigenvalue weighted by Gasteiger charge is -2.53. The van der Waals surface area contributed by atoms with Gasteiger partial charge in [-0.2, -0.15) is 0 Å². The quantitative estimate of drug-likeness (QED) is 0.0592. The molecule has 3 aromatic rings. The number of carboxylic acid groups (broad SMARTS) is 1. The smallest absolute Gasteiger partial charge is 0.355 e. The number of hydrogen-bond acceptors (Lipinski definition) is 14. The Morgan fingerprint density at radius 1 is 0.808 bits per heavy atom. The number of aromatic nitrogens is 2. The predicted octanol–water partition coefficient (Wildman–Crippen LogP) is 7.41. The van der Waals surface area contributed by atoms with Gasteiger partial charge < -0.3 is 69.5 Å². The Hall–Kier alpha value is -4.76. The molecule has 8 aliphatic rings. The second-order valence-corrected chi connectivity index (χ2v) is 25.1. The molecule has 4 fully saturated rings. The van der Waals surface area contributed by atoms with Crippen LogP contribution in [0.1, 0.15) is 137 Å². The van der Waals surface area contributed by atoms with Gasteiger partial charge in [0, 0.05) is 57.9 Å². The molecular formula is C60H80N4O14. The molecule has 1 amide bonds. The number of H-pyrrole nitrogens is 2. The normalized spacial score (nSPS) is 43.9. The van der Waals surface area contributed by atoms with Crippen LogP contribution in [0.2, 0.25) is 0 Å². The Morgan fingerprint density at radius 3 is 2.29 bits per heavy atom. The summed E-state index contributed by atoms with van der Waals surface area (Å²) >= 11 is 0. The molecule has 18 nitrogen and oxygen atoms in total. The zero-order valence-electron chi connectivity index (χ0n) is 46.2. The number of aromatic amines is 2. The van der Waals surface area contributed by atoms with Gasteiger partial charge in [-0.25, -0.2) is 9.59 Å². The molecule has 1 saturated carbocycles. The van der Waals surface area contributed by atoms with Gasteiger partial charge in [0.25, 0.3) is 5.91 Å². The number of aliphatic hydroxyl groups excluding tert-OH is 1. The maximum atomic E-state index is 15.4. The Bertz CT molecular complexity index is 2910. The van der Waals surface area contributed by atoms with E-state index in [4.69, 9.17) is 38.9 Å². The van der Waals surface area contributed by atoms with Crippen LogP contribution in [0.3, 0.4) is 0 Å². The Labute approximate surface area is 455 Å². The van der Waals surface area contributed by atoms with Crippen molar-refractivity contribution in [2.24, 2.45) is 46.2 Å². The van der Waals surface area contributed by atoms with Crippen molar-refractivity contribution < 1.29 is 67.7 Å². The zero-order chi connectivity index (χ0) is 55.4. The number of aliphatic hydroxyl groups is 2. The fraction of sp³-hybridized carbons (Fsp3) is 0.667. The van der Waals surface area contributed by atoms with Crippen molar-refractivity contribution in [1.29, 1.82) is 0 Å². The Balaban J connectivity index is 0.720. The number of carbonyl (C=O) groups excluding carboxylic acids is 3. The monoisotopic (exact) mass is 1080 g/mol. The Kier molecular flexibility index (Phi) is 14.6. The van der Waals surface area contributed by atoms with Gasteiger partial charge in [-0.3, -0.25) is 9.59 Å². The van der Waals surface area contributed by atoms with E-state index < -0.39 is 101 Å². The van der Waals surface area contributed by atoms with Crippen molar-refractivity contribution in [3.05, 3.63) is 71.5 Å². The van der Waals surface area contributed by atoms with Gasteiger partial charge in [0.05, 0.1) is 59.4 Å². The van der Waals surface area contributed by atoms with Crippen LogP contribution in [0.25, 0.3) is 21.9 Å². The number of rotatable bonds is 10. The SMILES string of the molecule is CCC1CC2(C)C=C(C(=O)O)C(C)CC23C=C(C(=O)N3)C(=O)C2(C)C(C=CC3C(OC4CCC(OC5CC(C)(O)C(OC6CC(OC(=O)c7cc8c([nH]7)[nH]c7ccccc78)C(N)C(C)O6)C(C)O5)C(C)O4)CCCC32)CC1O. The van der Waals surface area contributed by atoms with Crippen LogP contribution in [-0.2, 0) is 47.5 Å². The first-order valence-electron chi connectivity index (χ1n) is 28.6. The van der Waals surface area contributed by atoms with Crippen LogP contribution in [0.5, 0.6) is 0 Å². The average Bonchev–Trinajstić information content (AvgIpc) is 4.27. The molecule has 6 heterocycles. The Morgan fingerprint density at radius 2 is 1.55 bits per heavy atom. The summed E-state index contributed by atoms with van der Waals surface area (Å²) in [6, 6.07) is 9.01. The van der Waals surface area contributed by atoms with Gasteiger partial charge in [0.15, 0.2) is 24.7 Å². The predicted molar refractivity (Wildman–Crippen MR) is 286 cm³/mol. The molecule has 1 aromatic carbocycles. The van der Waals surface area contributed by atoms with Crippen molar-refractivity contribution >= 4 is 45.6 Å². The van der Waals surface area contributed by atoms with Crippen LogP contribution in [0.15, 0.2) is 65.8 Å². The number of nitrogens with two attached hydrogens (primary N) is 1. The molecule has 424 valence electrons. The fourth-order valence-corrected chi connectivity index (χ4v) is 15.4. The zero-order valence-corrected chi connectivity index (χ0v) is 46.2. The van der Waals surface area contributed by atoms with E-state index in [0.29, 0.717) is 49.8 Å². The number of ether oxygens (including phenoxy) is 7. The number of allylic oxidation sites excluding steroid dienone is 1. The molecule has 4 aliphatic heterocycles. The minimum atomic E-state index is -1.40. The summed E-state index contributed by atoms with van der Waals surface area (Å²) in [7, 11) is 0. The van der Waals surface area contributed by atoms with Gasteiger partial charge in [-0.05, 0) is 108 Å². The third-order valence-electron chi connectivity index (χ3n) is 19.9. The van der Waals surface area contributed by atoms with E-state index in [0.717, 1.165) is 41.2 Å². The highest BCUT2D eigenvalue weighted by Gasteiger charge is 2.61. The van der Waals surface area contributed by atoms with E-state index in [-0.39, 0.29) is 66.0 Å². The molecule has 21 atom stereocenters. The lowest BCUT2D eigenvalue weighted by atomic mass is 9.52. The molecule has 11 rings (SSSR count). The van der Waals surface area contributed by atoms with E-state index >= 15 is 4.79 Å². The third kappa shape index (κ3) is 9.61. The molecule has 2 bridgehead atoms. The van der Waals surface area contributed by atoms with Crippen LogP contribution in [0, 0.1) is 40.4 Å². The second kappa shape index (κ2) is 20.7. The standard InChI is InChI=1S/C60H80N4O14/c1-9-33-25-57(6)26-38(55(68)69)29(2)24-60(57)27-39(54(67)64-60)51(66)59(8)34(21-43(33)65)17-18-36-40(59)14-12-16-45(36)76-47-20-19-44(30(3)72-47)75-49-28-58(7,71)52(32(5)74-49)78-48-23-46(50(61)31(4)73-48)77-56(70)42-22-37-35-13-10-11-15-41(35)62-53(37)63-42/h10-11,13,15,17-18,22,26-27,29-34,36,40,43-50,52,62-63,65,71H,9,12,14,16,19-21,23-25,28,61H2,1-8H3,(H,64,67)(H,68,69). The minimum absolute atomic E-state index is 0.104. The third-order valence-corrected chi connectivity index (χ3v) is 19.9. The van der Waals surface area contributed by atoms with Crippen LogP contribution < -0.4 is 11.1 Å². The van der Waals surface area contributed by atoms with Crippen molar-refractivity contribution in [1.82, 2.24) is 15.3 Å². The molecular weight excluding hydrogens is 1000 g/mol. The average molecular weight is 1080 g/mol. The van der Waals surface area contributed by atoms with Crippen molar-refractivity contribution in [2.75, 3.05) is 0 Å². The highest BCUT2D eigenvalue weighted by atomic mass is 16.7. The molecule has 21 unspecified atom stereocenters. The largest absolute Gasteiger partial charge is 0.478 e. The maximum Gasteiger partial charge on any atom is 0.355 e. The number of para-hydroxylation sites is 1.